The molecule has 0 bridgehead atoms. The Morgan fingerprint density at radius 1 is 0.721 bits per heavy atom. The largest absolute Gasteiger partial charge is 0.505 e. The maximum Gasteiger partial charge on any atom is 0.296 e. The number of nitrogen functional groups attached to an aromatic ring is 1. The van der Waals surface area contributed by atoms with Crippen molar-refractivity contribution in [3.8, 4) is 11.5 Å². The lowest BCUT2D eigenvalue weighted by Gasteiger charge is -2.12. The van der Waals surface area contributed by atoms with Crippen LogP contribution in [0.25, 0.3) is 10.8 Å². The number of anilines is 1. The van der Waals surface area contributed by atoms with Crippen LogP contribution >= 0.6 is 0 Å². The zero-order valence-electron chi connectivity index (χ0n) is 21.9. The van der Waals surface area contributed by atoms with E-state index in [9.17, 15) is 44.0 Å². The van der Waals surface area contributed by atoms with Crippen LogP contribution in [0.3, 0.4) is 0 Å². The van der Waals surface area contributed by atoms with Gasteiger partial charge in [-0.3, -0.25) is 13.7 Å². The third-order valence-corrected chi connectivity index (χ3v) is 8.49. The van der Waals surface area contributed by atoms with Gasteiger partial charge >= 0.3 is 0 Å². The molecule has 0 aliphatic carbocycles. The minimum atomic E-state index is -5.08. The molecular formula is C24H21N5O11S3. The Bertz CT molecular complexity index is 2180. The number of benzene rings is 4. The first kappa shape index (κ1) is 31.4. The van der Waals surface area contributed by atoms with E-state index in [2.05, 4.69) is 20.5 Å². The van der Waals surface area contributed by atoms with Crippen molar-refractivity contribution in [3.63, 3.8) is 0 Å². The summed E-state index contributed by atoms with van der Waals surface area (Å²) in [5.41, 5.74) is 5.21. The fraction of sp³-hybridized carbons (Fsp3) is 0.0833. The number of methoxy groups -OCH3 is 1. The minimum absolute atomic E-state index is 0.00670. The van der Waals surface area contributed by atoms with Crippen molar-refractivity contribution in [2.75, 3.05) is 12.8 Å². The van der Waals surface area contributed by atoms with Gasteiger partial charge in [-0.2, -0.15) is 30.4 Å². The number of aryl methyl sites for hydroxylation is 1. The zero-order chi connectivity index (χ0) is 31.9. The third kappa shape index (κ3) is 6.61. The molecule has 4 aromatic carbocycles. The molecule has 0 unspecified atom stereocenters. The lowest BCUT2D eigenvalue weighted by Crippen LogP contribution is -2.02. The van der Waals surface area contributed by atoms with Gasteiger partial charge in [-0.25, -0.2) is 0 Å². The zero-order valence-corrected chi connectivity index (χ0v) is 24.4. The number of nitrogens with zero attached hydrogens (tertiary/aromatic N) is 4. The molecule has 4 aromatic rings. The predicted molar refractivity (Wildman–Crippen MR) is 152 cm³/mol. The van der Waals surface area contributed by atoms with Crippen molar-refractivity contribution in [3.05, 3.63) is 60.2 Å². The lowest BCUT2D eigenvalue weighted by atomic mass is 10.1. The second-order valence-corrected chi connectivity index (χ2v) is 13.0. The standard InChI is InChI=1S/C24H21N5O11S3/c1-12-7-18(19(40-2)11-17(12)27-26-16-5-3-4-6-20(16)42(34,35)36)28-29-23-21(43(37,38)39)9-13-8-14(41(31,32)33)10-15(25)22(13)24(23)30/h3-11,30H,25H2,1-2H3,(H,31,32,33)(H,34,35,36)(H,37,38,39). The first-order valence-electron chi connectivity index (χ1n) is 11.5. The van der Waals surface area contributed by atoms with Crippen molar-refractivity contribution in [1.29, 1.82) is 0 Å². The van der Waals surface area contributed by atoms with Gasteiger partial charge in [-0.15, -0.1) is 15.3 Å². The van der Waals surface area contributed by atoms with E-state index >= 15 is 0 Å². The number of nitrogens with two attached hydrogens (primary N) is 1. The van der Waals surface area contributed by atoms with Crippen LogP contribution in [0.4, 0.5) is 28.4 Å². The van der Waals surface area contributed by atoms with Crippen LogP contribution in [0.2, 0.25) is 0 Å². The molecule has 0 saturated carbocycles. The second-order valence-electron chi connectivity index (χ2n) is 8.79. The SMILES string of the molecule is COc1cc(N=Nc2ccccc2S(=O)(=O)O)c(C)cc1N=Nc1c(S(=O)(=O)O)cc2cc(S(=O)(=O)O)cc(N)c2c1O. The minimum Gasteiger partial charge on any atom is -0.505 e. The van der Waals surface area contributed by atoms with Crippen LogP contribution < -0.4 is 10.5 Å². The highest BCUT2D eigenvalue weighted by molar-refractivity contribution is 7.86. The van der Waals surface area contributed by atoms with Crippen LogP contribution in [-0.4, -0.2) is 51.1 Å². The average molecular weight is 652 g/mol. The molecule has 0 aliphatic rings. The summed E-state index contributed by atoms with van der Waals surface area (Å²) >= 11 is 0. The number of ether oxygens (including phenoxy) is 1. The number of phenols is 1. The van der Waals surface area contributed by atoms with E-state index in [1.54, 1.807) is 6.92 Å². The van der Waals surface area contributed by atoms with Crippen LogP contribution in [0.5, 0.6) is 11.5 Å². The summed E-state index contributed by atoms with van der Waals surface area (Å²) in [6.07, 6.45) is 0. The molecule has 6 N–H and O–H groups in total. The number of aromatic hydroxyl groups is 1. The van der Waals surface area contributed by atoms with Gasteiger partial charge in [0.25, 0.3) is 30.4 Å². The fourth-order valence-electron chi connectivity index (χ4n) is 3.91. The monoisotopic (exact) mass is 651 g/mol. The molecule has 0 saturated heterocycles. The molecular weight excluding hydrogens is 630 g/mol. The summed E-state index contributed by atoms with van der Waals surface area (Å²) < 4.78 is 105. The van der Waals surface area contributed by atoms with Crippen molar-refractivity contribution >= 4 is 69.6 Å². The van der Waals surface area contributed by atoms with Crippen molar-refractivity contribution in [2.24, 2.45) is 20.5 Å². The summed E-state index contributed by atoms with van der Waals surface area (Å²) in [5, 5.41) is 26.1. The number of rotatable bonds is 8. The molecule has 0 fully saturated rings. The van der Waals surface area contributed by atoms with Crippen LogP contribution in [-0.2, 0) is 30.4 Å². The van der Waals surface area contributed by atoms with E-state index in [1.807, 2.05) is 0 Å². The van der Waals surface area contributed by atoms with Gasteiger partial charge in [0.15, 0.2) is 5.75 Å². The molecule has 0 atom stereocenters. The highest BCUT2D eigenvalue weighted by Crippen LogP contribution is 2.45. The second kappa shape index (κ2) is 11.3. The molecule has 19 heteroatoms. The molecule has 0 radical (unpaired) electrons. The van der Waals surface area contributed by atoms with Gasteiger partial charge in [-0.05, 0) is 54.3 Å². The summed E-state index contributed by atoms with van der Waals surface area (Å²) in [6, 6.07) is 10.5. The summed E-state index contributed by atoms with van der Waals surface area (Å²) in [6.45, 7) is 1.58. The lowest BCUT2D eigenvalue weighted by molar-refractivity contribution is 0.416. The quantitative estimate of drug-likeness (QED) is 0.0955. The van der Waals surface area contributed by atoms with Gasteiger partial charge in [-0.1, -0.05) is 12.1 Å². The first-order valence-corrected chi connectivity index (χ1v) is 15.9. The molecule has 226 valence electrons. The molecule has 0 heterocycles. The molecule has 16 nitrogen and oxygen atoms in total. The van der Waals surface area contributed by atoms with Gasteiger partial charge in [0.2, 0.25) is 0 Å². The van der Waals surface area contributed by atoms with Crippen LogP contribution in [0, 0.1) is 6.92 Å². The summed E-state index contributed by atoms with van der Waals surface area (Å²) in [4.78, 5) is -2.10. The molecule has 0 spiro atoms. The Morgan fingerprint density at radius 2 is 1.33 bits per heavy atom. The summed E-state index contributed by atoms with van der Waals surface area (Å²) in [7, 11) is -13.1. The number of hydrogen-bond donors (Lipinski definition) is 5. The number of fused-ring (bicyclic) bond motifs is 1. The summed E-state index contributed by atoms with van der Waals surface area (Å²) in [5.74, 6) is -0.843. The van der Waals surface area contributed by atoms with Crippen molar-refractivity contribution in [2.45, 2.75) is 21.6 Å². The van der Waals surface area contributed by atoms with E-state index in [1.165, 1.54) is 37.4 Å². The normalized spacial score (nSPS) is 12.9. The fourth-order valence-corrected chi connectivity index (χ4v) is 5.75. The van der Waals surface area contributed by atoms with Crippen LogP contribution in [0.1, 0.15) is 5.56 Å². The predicted octanol–water partition coefficient (Wildman–Crippen LogP) is 5.02. The van der Waals surface area contributed by atoms with Gasteiger partial charge in [0.05, 0.1) is 17.7 Å². The Balaban J connectivity index is 1.83. The number of phenolic OH excluding ortho intramolecular Hbond substituents is 1. The molecule has 0 aromatic heterocycles. The molecule has 0 aliphatic heterocycles. The van der Waals surface area contributed by atoms with Gasteiger partial charge in [0, 0.05) is 17.1 Å². The first-order chi connectivity index (χ1) is 19.9. The highest BCUT2D eigenvalue weighted by atomic mass is 32.2. The molecule has 0 amide bonds. The topological polar surface area (TPSA) is 268 Å². The third-order valence-electron chi connectivity index (χ3n) is 5.89. The van der Waals surface area contributed by atoms with E-state index in [0.29, 0.717) is 5.56 Å². The Hall–Kier alpha value is -4.53. The number of hydrogen-bond acceptors (Lipinski definition) is 13. The van der Waals surface area contributed by atoms with Crippen LogP contribution in [0.15, 0.2) is 89.7 Å². The van der Waals surface area contributed by atoms with Gasteiger partial charge < -0.3 is 15.6 Å². The highest BCUT2D eigenvalue weighted by Gasteiger charge is 2.25. The number of azo groups is 2. The Kier molecular flexibility index (Phi) is 8.24. The van der Waals surface area contributed by atoms with E-state index in [4.69, 9.17) is 10.5 Å². The van der Waals surface area contributed by atoms with Crippen molar-refractivity contribution in [1.82, 2.24) is 0 Å². The Labute approximate surface area is 244 Å². The van der Waals surface area contributed by atoms with E-state index in [0.717, 1.165) is 24.3 Å². The molecule has 4 rings (SSSR count). The average Bonchev–Trinajstić information content (AvgIpc) is 2.90. The van der Waals surface area contributed by atoms with E-state index < -0.39 is 56.5 Å². The molecule has 43 heavy (non-hydrogen) atoms. The van der Waals surface area contributed by atoms with E-state index in [-0.39, 0.29) is 39.3 Å². The van der Waals surface area contributed by atoms with Crippen molar-refractivity contribution < 1.29 is 48.8 Å². The van der Waals surface area contributed by atoms with Gasteiger partial charge in [0.1, 0.15) is 32.6 Å². The maximum atomic E-state index is 12.2. The maximum absolute atomic E-state index is 12.2. The smallest absolute Gasteiger partial charge is 0.296 e. The Morgan fingerprint density at radius 3 is 1.93 bits per heavy atom.